The van der Waals surface area contributed by atoms with Crippen molar-refractivity contribution in [2.75, 3.05) is 7.11 Å². The first-order valence-electron chi connectivity index (χ1n) is 13.1. The number of methoxy groups -OCH3 is 1. The quantitative estimate of drug-likeness (QED) is 0.472. The summed E-state index contributed by atoms with van der Waals surface area (Å²) in [6.07, 6.45) is 15.4. The molecule has 1 N–H and O–H groups in total. The molecule has 172 valence electrons. The summed E-state index contributed by atoms with van der Waals surface area (Å²) in [6.45, 7) is 12.4. The highest BCUT2D eigenvalue weighted by Crippen LogP contribution is 2.67. The van der Waals surface area contributed by atoms with Gasteiger partial charge in [0, 0.05) is 7.11 Å². The summed E-state index contributed by atoms with van der Waals surface area (Å²) in [6, 6.07) is 0. The van der Waals surface area contributed by atoms with Crippen molar-refractivity contribution >= 4 is 0 Å². The minimum atomic E-state index is -0.242. The Morgan fingerprint density at radius 3 is 2.50 bits per heavy atom. The van der Waals surface area contributed by atoms with E-state index in [1.807, 2.05) is 7.11 Å². The standard InChI is InChI=1S/C28H48O2/c1-18(2)8-7-9-19(3)22-10-11-23-26-24(13-15-28(22,23)5)27(4)14-12-21(30-6)16-20(27)17-25(26)29/h17-19,21-26,29H,7-16H2,1-6H3/t19-,21+,22?,23?,24?,25+,26+,27+,28-/m1/s1. The average molecular weight is 417 g/mol. The van der Waals surface area contributed by atoms with Gasteiger partial charge in [-0.05, 0) is 91.3 Å². The lowest BCUT2D eigenvalue weighted by molar-refractivity contribution is -0.0986. The molecule has 0 radical (unpaired) electrons. The minimum absolute atomic E-state index is 0.242. The first-order chi connectivity index (χ1) is 14.2. The Hall–Kier alpha value is -0.340. The zero-order chi connectivity index (χ0) is 21.7. The van der Waals surface area contributed by atoms with Crippen molar-refractivity contribution in [1.29, 1.82) is 0 Å². The van der Waals surface area contributed by atoms with Gasteiger partial charge in [-0.25, -0.2) is 0 Å². The first-order valence-corrected chi connectivity index (χ1v) is 13.1. The number of aliphatic hydroxyl groups is 1. The Bertz CT molecular complexity index is 639. The molecule has 0 aromatic rings. The fourth-order valence-electron chi connectivity index (χ4n) is 8.84. The summed E-state index contributed by atoms with van der Waals surface area (Å²) >= 11 is 0. The predicted octanol–water partition coefficient (Wildman–Crippen LogP) is 7.01. The van der Waals surface area contributed by atoms with Crippen LogP contribution in [0.15, 0.2) is 11.6 Å². The van der Waals surface area contributed by atoms with Crippen molar-refractivity contribution in [3.8, 4) is 0 Å². The van der Waals surface area contributed by atoms with E-state index in [2.05, 4.69) is 40.7 Å². The van der Waals surface area contributed by atoms with Crippen LogP contribution in [0.1, 0.15) is 98.8 Å². The molecule has 0 aliphatic heterocycles. The summed E-state index contributed by atoms with van der Waals surface area (Å²) in [5, 5.41) is 11.4. The molecule has 0 aromatic carbocycles. The molecule has 0 bridgehead atoms. The van der Waals surface area contributed by atoms with Crippen LogP contribution in [0, 0.1) is 46.3 Å². The van der Waals surface area contributed by atoms with E-state index in [0.29, 0.717) is 34.7 Å². The molecular formula is C28H48O2. The zero-order valence-corrected chi connectivity index (χ0v) is 20.6. The monoisotopic (exact) mass is 416 g/mol. The molecule has 4 aliphatic carbocycles. The van der Waals surface area contributed by atoms with Crippen LogP contribution in [0.5, 0.6) is 0 Å². The van der Waals surface area contributed by atoms with Crippen LogP contribution >= 0.6 is 0 Å². The number of hydrogen-bond donors (Lipinski definition) is 1. The van der Waals surface area contributed by atoms with Crippen LogP contribution < -0.4 is 0 Å². The van der Waals surface area contributed by atoms with Gasteiger partial charge < -0.3 is 9.84 Å². The van der Waals surface area contributed by atoms with Crippen LogP contribution in [0.4, 0.5) is 0 Å². The topological polar surface area (TPSA) is 29.5 Å². The molecule has 0 saturated heterocycles. The number of aliphatic hydroxyl groups excluding tert-OH is 1. The molecule has 0 aromatic heterocycles. The molecule has 0 heterocycles. The minimum Gasteiger partial charge on any atom is -0.389 e. The highest BCUT2D eigenvalue weighted by Gasteiger charge is 2.61. The third-order valence-electron chi connectivity index (χ3n) is 10.6. The molecule has 9 atom stereocenters. The van der Waals surface area contributed by atoms with Gasteiger partial charge >= 0.3 is 0 Å². The normalized spacial score (nSPS) is 46.7. The van der Waals surface area contributed by atoms with Crippen molar-refractivity contribution in [2.24, 2.45) is 46.3 Å². The lowest BCUT2D eigenvalue weighted by atomic mass is 9.46. The van der Waals surface area contributed by atoms with Gasteiger partial charge in [0.1, 0.15) is 0 Å². The van der Waals surface area contributed by atoms with Crippen molar-refractivity contribution in [3.05, 3.63) is 11.6 Å². The zero-order valence-electron chi connectivity index (χ0n) is 20.6. The molecule has 4 rings (SSSR count). The Morgan fingerprint density at radius 1 is 1.03 bits per heavy atom. The van der Waals surface area contributed by atoms with Crippen LogP contribution in [0.3, 0.4) is 0 Å². The van der Waals surface area contributed by atoms with Crippen LogP contribution in [0.2, 0.25) is 0 Å². The second-order valence-corrected chi connectivity index (χ2v) is 12.5. The van der Waals surface area contributed by atoms with E-state index in [4.69, 9.17) is 4.74 Å². The third kappa shape index (κ3) is 3.72. The first kappa shape index (κ1) is 22.8. The number of ether oxygens (including phenoxy) is 1. The molecule has 30 heavy (non-hydrogen) atoms. The second kappa shape index (κ2) is 8.54. The Kier molecular flexibility index (Phi) is 6.50. The third-order valence-corrected chi connectivity index (χ3v) is 10.6. The maximum absolute atomic E-state index is 11.4. The Morgan fingerprint density at radius 2 is 1.80 bits per heavy atom. The molecule has 4 aliphatic rings. The van der Waals surface area contributed by atoms with Crippen molar-refractivity contribution in [1.82, 2.24) is 0 Å². The maximum atomic E-state index is 11.4. The highest BCUT2D eigenvalue weighted by molar-refractivity contribution is 5.28. The molecule has 2 heteroatoms. The van der Waals surface area contributed by atoms with Gasteiger partial charge in [-0.1, -0.05) is 65.5 Å². The van der Waals surface area contributed by atoms with E-state index in [1.54, 1.807) is 0 Å². The molecule has 3 unspecified atom stereocenters. The van der Waals surface area contributed by atoms with Crippen LogP contribution in [0.25, 0.3) is 0 Å². The SMILES string of the molecule is CO[C@H]1CC[C@@]2(C)C(=C[C@H](O)[C@H]3C4CCC([C@H](C)CCCC(C)C)[C@@]4(C)CCC32)C1. The van der Waals surface area contributed by atoms with E-state index in [0.717, 1.165) is 24.2 Å². The van der Waals surface area contributed by atoms with Gasteiger partial charge in [0.15, 0.2) is 0 Å². The van der Waals surface area contributed by atoms with Crippen LogP contribution in [-0.4, -0.2) is 24.4 Å². The number of hydrogen-bond acceptors (Lipinski definition) is 2. The summed E-state index contributed by atoms with van der Waals surface area (Å²) in [5.41, 5.74) is 2.24. The fourth-order valence-corrected chi connectivity index (χ4v) is 8.84. The van der Waals surface area contributed by atoms with Crippen LogP contribution in [-0.2, 0) is 4.74 Å². The van der Waals surface area contributed by atoms with E-state index in [1.165, 1.54) is 63.4 Å². The van der Waals surface area contributed by atoms with Gasteiger partial charge in [0.05, 0.1) is 12.2 Å². The van der Waals surface area contributed by atoms with Crippen molar-refractivity contribution in [2.45, 2.75) is 111 Å². The van der Waals surface area contributed by atoms with Crippen molar-refractivity contribution in [3.63, 3.8) is 0 Å². The average Bonchev–Trinajstić information content (AvgIpc) is 3.05. The Balaban J connectivity index is 1.53. The van der Waals surface area contributed by atoms with E-state index < -0.39 is 0 Å². The molecule has 0 amide bonds. The molecular weight excluding hydrogens is 368 g/mol. The van der Waals surface area contributed by atoms with E-state index in [9.17, 15) is 5.11 Å². The van der Waals surface area contributed by atoms with Gasteiger partial charge in [0.2, 0.25) is 0 Å². The second-order valence-electron chi connectivity index (χ2n) is 12.5. The van der Waals surface area contributed by atoms with Crippen molar-refractivity contribution < 1.29 is 9.84 Å². The Labute approximate surface area is 186 Å². The maximum Gasteiger partial charge on any atom is 0.0757 e. The van der Waals surface area contributed by atoms with E-state index in [-0.39, 0.29) is 6.10 Å². The number of fused-ring (bicyclic) bond motifs is 5. The summed E-state index contributed by atoms with van der Waals surface area (Å²) in [5.74, 6) is 4.35. The molecule has 3 saturated carbocycles. The smallest absolute Gasteiger partial charge is 0.0757 e. The van der Waals surface area contributed by atoms with Gasteiger partial charge in [-0.3, -0.25) is 0 Å². The predicted molar refractivity (Wildman–Crippen MR) is 125 cm³/mol. The fraction of sp³-hybridized carbons (Fsp3) is 0.929. The molecule has 3 fully saturated rings. The van der Waals surface area contributed by atoms with E-state index >= 15 is 0 Å². The van der Waals surface area contributed by atoms with Gasteiger partial charge in [0.25, 0.3) is 0 Å². The summed E-state index contributed by atoms with van der Waals surface area (Å²) in [4.78, 5) is 0. The lowest BCUT2D eigenvalue weighted by Crippen LogP contribution is -2.55. The highest BCUT2D eigenvalue weighted by atomic mass is 16.5. The lowest BCUT2D eigenvalue weighted by Gasteiger charge is -2.59. The largest absolute Gasteiger partial charge is 0.389 e. The summed E-state index contributed by atoms with van der Waals surface area (Å²) < 4.78 is 5.71. The molecule has 0 spiro atoms. The van der Waals surface area contributed by atoms with Gasteiger partial charge in [-0.2, -0.15) is 0 Å². The molecule has 2 nitrogen and oxygen atoms in total. The number of rotatable bonds is 6. The summed E-state index contributed by atoms with van der Waals surface area (Å²) in [7, 11) is 1.85. The van der Waals surface area contributed by atoms with Gasteiger partial charge in [-0.15, -0.1) is 0 Å².